The molecular weight excluding hydrogens is 318 g/mol. The first-order valence-electron chi connectivity index (χ1n) is 7.34. The molecule has 0 atom stereocenters. The zero-order valence-electron chi connectivity index (χ0n) is 12.4. The van der Waals surface area contributed by atoms with E-state index in [9.17, 15) is 14.7 Å². The van der Waals surface area contributed by atoms with Gasteiger partial charge in [-0.1, -0.05) is 0 Å². The molecule has 23 heavy (non-hydrogen) atoms. The fourth-order valence-electron chi connectivity index (χ4n) is 2.70. The van der Waals surface area contributed by atoms with Gasteiger partial charge in [0.05, 0.1) is 17.2 Å². The van der Waals surface area contributed by atoms with Crippen LogP contribution in [0.4, 0.5) is 4.79 Å². The van der Waals surface area contributed by atoms with E-state index in [1.807, 2.05) is 5.38 Å². The van der Waals surface area contributed by atoms with Crippen LogP contribution in [0, 0.1) is 0 Å². The van der Waals surface area contributed by atoms with Gasteiger partial charge < -0.3 is 19.7 Å². The Balaban J connectivity index is 1.67. The van der Waals surface area contributed by atoms with Gasteiger partial charge in [0.1, 0.15) is 5.75 Å². The van der Waals surface area contributed by atoms with Crippen molar-refractivity contribution >= 4 is 17.4 Å². The first kappa shape index (κ1) is 15.5. The van der Waals surface area contributed by atoms with Gasteiger partial charge >= 0.3 is 6.09 Å². The fraction of sp³-hybridized carbons (Fsp3) is 0.400. The van der Waals surface area contributed by atoms with Crippen molar-refractivity contribution in [1.82, 2.24) is 14.5 Å². The zero-order chi connectivity index (χ0) is 16.4. The standard InChI is InChI=1S/C15H17N3O4S/c19-12-3-6-18(13(20)7-12)8-11-9-23-14(16-11)10-1-4-17(5-2-10)15(21)22/h3,6-7,9-10,19H,1-2,4-5,8H2,(H,21,22). The minimum Gasteiger partial charge on any atom is -0.508 e. The normalized spacial score (nSPS) is 15.7. The third kappa shape index (κ3) is 3.53. The van der Waals surface area contributed by atoms with Gasteiger partial charge in [0, 0.05) is 36.7 Å². The molecule has 0 aromatic carbocycles. The molecule has 1 aliphatic rings. The van der Waals surface area contributed by atoms with E-state index in [4.69, 9.17) is 5.11 Å². The summed E-state index contributed by atoms with van der Waals surface area (Å²) in [7, 11) is 0. The lowest BCUT2D eigenvalue weighted by Gasteiger charge is -2.28. The molecule has 0 unspecified atom stereocenters. The molecule has 8 heteroatoms. The Bertz CT molecular complexity index is 762. The van der Waals surface area contributed by atoms with Crippen molar-refractivity contribution in [3.8, 4) is 5.75 Å². The van der Waals surface area contributed by atoms with Crippen LogP contribution in [-0.4, -0.2) is 43.8 Å². The van der Waals surface area contributed by atoms with Crippen LogP contribution in [0.25, 0.3) is 0 Å². The number of hydrogen-bond donors (Lipinski definition) is 2. The quantitative estimate of drug-likeness (QED) is 0.893. The number of pyridine rings is 1. The third-order valence-electron chi connectivity index (χ3n) is 4.00. The summed E-state index contributed by atoms with van der Waals surface area (Å²) in [4.78, 5) is 28.7. The van der Waals surface area contributed by atoms with Crippen molar-refractivity contribution in [2.75, 3.05) is 13.1 Å². The van der Waals surface area contributed by atoms with Gasteiger partial charge in [0.15, 0.2) is 0 Å². The highest BCUT2D eigenvalue weighted by Crippen LogP contribution is 2.30. The topological polar surface area (TPSA) is 95.7 Å². The largest absolute Gasteiger partial charge is 0.508 e. The molecule has 0 bridgehead atoms. The third-order valence-corrected chi connectivity index (χ3v) is 5.05. The lowest BCUT2D eigenvalue weighted by molar-refractivity contribution is 0.132. The van der Waals surface area contributed by atoms with E-state index in [1.165, 1.54) is 21.6 Å². The summed E-state index contributed by atoms with van der Waals surface area (Å²) in [5, 5.41) is 21.2. The number of piperidine rings is 1. The predicted octanol–water partition coefficient (Wildman–Crippen LogP) is 1.92. The highest BCUT2D eigenvalue weighted by atomic mass is 32.1. The molecule has 1 fully saturated rings. The maximum Gasteiger partial charge on any atom is 0.407 e. The maximum atomic E-state index is 11.8. The molecular formula is C15H17N3O4S. The number of thiazole rings is 1. The van der Waals surface area contributed by atoms with Gasteiger partial charge in [-0.2, -0.15) is 0 Å². The number of likely N-dealkylation sites (tertiary alicyclic amines) is 1. The Morgan fingerprint density at radius 1 is 1.39 bits per heavy atom. The van der Waals surface area contributed by atoms with Crippen LogP contribution in [0.5, 0.6) is 5.75 Å². The van der Waals surface area contributed by atoms with E-state index < -0.39 is 6.09 Å². The summed E-state index contributed by atoms with van der Waals surface area (Å²) in [6.45, 7) is 1.43. The second kappa shape index (κ2) is 6.41. The van der Waals surface area contributed by atoms with Crippen molar-refractivity contribution in [3.63, 3.8) is 0 Å². The number of carbonyl (C=O) groups is 1. The second-order valence-corrected chi connectivity index (χ2v) is 6.46. The molecule has 3 heterocycles. The van der Waals surface area contributed by atoms with Crippen LogP contribution >= 0.6 is 11.3 Å². The second-order valence-electron chi connectivity index (χ2n) is 5.57. The summed E-state index contributed by atoms with van der Waals surface area (Å²) < 4.78 is 1.49. The molecule has 1 aliphatic heterocycles. The van der Waals surface area contributed by atoms with E-state index >= 15 is 0 Å². The first-order valence-corrected chi connectivity index (χ1v) is 8.22. The Morgan fingerprint density at radius 2 is 2.13 bits per heavy atom. The molecule has 0 aliphatic carbocycles. The highest BCUT2D eigenvalue weighted by Gasteiger charge is 2.25. The Labute approximate surface area is 136 Å². The smallest absolute Gasteiger partial charge is 0.407 e. The predicted molar refractivity (Wildman–Crippen MR) is 85.2 cm³/mol. The van der Waals surface area contributed by atoms with E-state index in [0.29, 0.717) is 19.6 Å². The molecule has 122 valence electrons. The van der Waals surface area contributed by atoms with Crippen LogP contribution in [-0.2, 0) is 6.54 Å². The fourth-order valence-corrected chi connectivity index (χ4v) is 3.69. The van der Waals surface area contributed by atoms with Gasteiger partial charge in [0.2, 0.25) is 0 Å². The molecule has 1 saturated heterocycles. The lowest BCUT2D eigenvalue weighted by Crippen LogP contribution is -2.36. The SMILES string of the molecule is O=C(O)N1CCC(c2nc(Cn3ccc(O)cc3=O)cs2)CC1. The van der Waals surface area contributed by atoms with Gasteiger partial charge in [-0.3, -0.25) is 4.79 Å². The van der Waals surface area contributed by atoms with Crippen LogP contribution < -0.4 is 5.56 Å². The van der Waals surface area contributed by atoms with Gasteiger partial charge in [-0.25, -0.2) is 9.78 Å². The minimum atomic E-state index is -0.866. The number of nitrogens with zero attached hydrogens (tertiary/aromatic N) is 3. The highest BCUT2D eigenvalue weighted by molar-refractivity contribution is 7.09. The summed E-state index contributed by atoms with van der Waals surface area (Å²) in [5.74, 6) is 0.233. The molecule has 2 N–H and O–H groups in total. The number of aromatic nitrogens is 2. The number of carboxylic acid groups (broad SMARTS) is 1. The maximum absolute atomic E-state index is 11.8. The van der Waals surface area contributed by atoms with Gasteiger partial charge in [0.25, 0.3) is 5.56 Å². The van der Waals surface area contributed by atoms with E-state index in [-0.39, 0.29) is 17.2 Å². The van der Waals surface area contributed by atoms with Crippen molar-refractivity contribution < 1.29 is 15.0 Å². The molecule has 0 radical (unpaired) electrons. The Kier molecular flexibility index (Phi) is 4.33. The van der Waals surface area contributed by atoms with Gasteiger partial charge in [-0.05, 0) is 18.9 Å². The minimum absolute atomic E-state index is 0.0459. The summed E-state index contributed by atoms with van der Waals surface area (Å²) in [6.07, 6.45) is 2.23. The molecule has 7 nitrogen and oxygen atoms in total. The lowest BCUT2D eigenvalue weighted by atomic mass is 9.98. The van der Waals surface area contributed by atoms with Crippen molar-refractivity contribution in [2.45, 2.75) is 25.3 Å². The average molecular weight is 335 g/mol. The number of amides is 1. The Hall–Kier alpha value is -2.35. The van der Waals surface area contributed by atoms with Crippen LogP contribution in [0.2, 0.25) is 0 Å². The number of rotatable bonds is 3. The number of aromatic hydroxyl groups is 1. The van der Waals surface area contributed by atoms with E-state index in [0.717, 1.165) is 23.5 Å². The zero-order valence-corrected chi connectivity index (χ0v) is 13.2. The number of hydrogen-bond acceptors (Lipinski definition) is 5. The summed E-state index contributed by atoms with van der Waals surface area (Å²) in [5.41, 5.74) is 0.535. The average Bonchev–Trinajstić information content (AvgIpc) is 2.99. The monoisotopic (exact) mass is 335 g/mol. The summed E-state index contributed by atoms with van der Waals surface area (Å²) in [6, 6.07) is 2.64. The van der Waals surface area contributed by atoms with Crippen LogP contribution in [0.3, 0.4) is 0 Å². The molecule has 3 rings (SSSR count). The molecule has 2 aromatic rings. The van der Waals surface area contributed by atoms with Gasteiger partial charge in [-0.15, -0.1) is 11.3 Å². The molecule has 1 amide bonds. The summed E-state index contributed by atoms with van der Waals surface area (Å²) >= 11 is 1.55. The molecule has 0 spiro atoms. The van der Waals surface area contributed by atoms with E-state index in [1.54, 1.807) is 17.5 Å². The first-order chi connectivity index (χ1) is 11.0. The van der Waals surface area contributed by atoms with E-state index in [2.05, 4.69) is 4.98 Å². The Morgan fingerprint density at radius 3 is 2.78 bits per heavy atom. The van der Waals surface area contributed by atoms with Crippen molar-refractivity contribution in [1.29, 1.82) is 0 Å². The van der Waals surface area contributed by atoms with Crippen LogP contribution in [0.1, 0.15) is 29.5 Å². The van der Waals surface area contributed by atoms with Crippen molar-refractivity contribution in [3.05, 3.63) is 44.8 Å². The molecule has 2 aromatic heterocycles. The van der Waals surface area contributed by atoms with Crippen LogP contribution in [0.15, 0.2) is 28.5 Å². The molecule has 0 saturated carbocycles. The van der Waals surface area contributed by atoms with Crippen molar-refractivity contribution in [2.24, 2.45) is 0 Å².